The zero-order chi connectivity index (χ0) is 18.0. The number of nitrogens with one attached hydrogen (secondary N) is 1. The van der Waals surface area contributed by atoms with Crippen LogP contribution in [0.3, 0.4) is 0 Å². The van der Waals surface area contributed by atoms with Crippen molar-refractivity contribution in [3.63, 3.8) is 0 Å². The first-order valence-electron chi connectivity index (χ1n) is 8.11. The fourth-order valence-electron chi connectivity index (χ4n) is 2.63. The SMILES string of the molecule is CCc1cc(Nc2ccc(C)cc2C(=O)O)n(-c2ncccc2C)n1. The van der Waals surface area contributed by atoms with Gasteiger partial charge < -0.3 is 10.4 Å². The Morgan fingerprint density at radius 1 is 1.24 bits per heavy atom. The highest BCUT2D eigenvalue weighted by Crippen LogP contribution is 2.25. The van der Waals surface area contributed by atoms with Gasteiger partial charge in [-0.15, -0.1) is 0 Å². The molecule has 128 valence electrons. The van der Waals surface area contributed by atoms with Crippen LogP contribution in [0, 0.1) is 13.8 Å². The maximum Gasteiger partial charge on any atom is 0.337 e. The maximum absolute atomic E-state index is 11.6. The molecular formula is C19H20N4O2. The van der Waals surface area contributed by atoms with Crippen molar-refractivity contribution < 1.29 is 9.90 Å². The lowest BCUT2D eigenvalue weighted by Gasteiger charge is -2.13. The van der Waals surface area contributed by atoms with E-state index in [0.29, 0.717) is 17.3 Å². The van der Waals surface area contributed by atoms with Gasteiger partial charge in [0.1, 0.15) is 5.82 Å². The van der Waals surface area contributed by atoms with Crippen molar-refractivity contribution in [1.82, 2.24) is 14.8 Å². The third-order valence-electron chi connectivity index (χ3n) is 3.97. The Morgan fingerprint density at radius 2 is 2.04 bits per heavy atom. The molecule has 2 N–H and O–H groups in total. The van der Waals surface area contributed by atoms with E-state index in [9.17, 15) is 9.90 Å². The van der Waals surface area contributed by atoms with Crippen LogP contribution in [-0.4, -0.2) is 25.8 Å². The van der Waals surface area contributed by atoms with Gasteiger partial charge in [-0.25, -0.2) is 9.78 Å². The first kappa shape index (κ1) is 16.7. The molecule has 1 aromatic carbocycles. The van der Waals surface area contributed by atoms with Crippen LogP contribution in [0.15, 0.2) is 42.6 Å². The van der Waals surface area contributed by atoms with Crippen LogP contribution in [-0.2, 0) is 6.42 Å². The summed E-state index contributed by atoms with van der Waals surface area (Å²) in [7, 11) is 0. The van der Waals surface area contributed by atoms with Gasteiger partial charge in [-0.1, -0.05) is 24.6 Å². The molecule has 0 aliphatic rings. The van der Waals surface area contributed by atoms with Gasteiger partial charge in [-0.2, -0.15) is 9.78 Å². The molecule has 2 aromatic heterocycles. The Kier molecular flexibility index (Phi) is 4.52. The van der Waals surface area contributed by atoms with Crippen LogP contribution in [0.2, 0.25) is 0 Å². The Morgan fingerprint density at radius 3 is 2.72 bits per heavy atom. The minimum absolute atomic E-state index is 0.226. The highest BCUT2D eigenvalue weighted by molar-refractivity contribution is 5.95. The van der Waals surface area contributed by atoms with Crippen molar-refractivity contribution in [2.24, 2.45) is 0 Å². The number of carbonyl (C=O) groups is 1. The average molecular weight is 336 g/mol. The third kappa shape index (κ3) is 3.38. The lowest BCUT2D eigenvalue weighted by atomic mass is 10.1. The summed E-state index contributed by atoms with van der Waals surface area (Å²) >= 11 is 0. The summed E-state index contributed by atoms with van der Waals surface area (Å²) in [4.78, 5) is 16.0. The summed E-state index contributed by atoms with van der Waals surface area (Å²) in [6.45, 7) is 5.86. The lowest BCUT2D eigenvalue weighted by molar-refractivity contribution is 0.0698. The molecule has 3 aromatic rings. The number of anilines is 2. The number of pyridine rings is 1. The second-order valence-electron chi connectivity index (χ2n) is 5.91. The monoisotopic (exact) mass is 336 g/mol. The number of aromatic carboxylic acids is 1. The number of nitrogens with zero attached hydrogens (tertiary/aromatic N) is 3. The van der Waals surface area contributed by atoms with Gasteiger partial charge in [0, 0.05) is 12.3 Å². The van der Waals surface area contributed by atoms with E-state index in [1.165, 1.54) is 0 Å². The molecular weight excluding hydrogens is 316 g/mol. The number of hydrogen-bond donors (Lipinski definition) is 2. The van der Waals surface area contributed by atoms with E-state index < -0.39 is 5.97 Å². The Balaban J connectivity index is 2.09. The molecule has 0 unspecified atom stereocenters. The van der Waals surface area contributed by atoms with E-state index in [0.717, 1.165) is 23.2 Å². The van der Waals surface area contributed by atoms with E-state index in [-0.39, 0.29) is 5.56 Å². The quantitative estimate of drug-likeness (QED) is 0.739. The largest absolute Gasteiger partial charge is 0.478 e. The van der Waals surface area contributed by atoms with E-state index in [2.05, 4.69) is 15.4 Å². The second kappa shape index (κ2) is 6.76. The number of rotatable bonds is 5. The Bertz CT molecular complexity index is 931. The molecule has 0 saturated heterocycles. The predicted octanol–water partition coefficient (Wildman–Crippen LogP) is 3.89. The van der Waals surface area contributed by atoms with E-state index in [1.807, 2.05) is 45.0 Å². The number of benzene rings is 1. The van der Waals surface area contributed by atoms with Gasteiger partial charge in [0.25, 0.3) is 0 Å². The molecule has 2 heterocycles. The molecule has 25 heavy (non-hydrogen) atoms. The summed E-state index contributed by atoms with van der Waals surface area (Å²) in [6.07, 6.45) is 2.49. The number of carboxylic acid groups (broad SMARTS) is 1. The fourth-order valence-corrected chi connectivity index (χ4v) is 2.63. The van der Waals surface area contributed by atoms with Crippen molar-refractivity contribution in [2.75, 3.05) is 5.32 Å². The standard InChI is InChI=1S/C19H20N4O2/c1-4-14-11-17(23(22-14)18-13(3)6-5-9-20-18)21-16-8-7-12(2)10-15(16)19(24)25/h5-11,21H,4H2,1-3H3,(H,24,25). The van der Waals surface area contributed by atoms with Crippen LogP contribution in [0.25, 0.3) is 5.82 Å². The molecule has 0 atom stereocenters. The molecule has 6 nitrogen and oxygen atoms in total. The Labute approximate surface area is 146 Å². The molecule has 0 spiro atoms. The number of aromatic nitrogens is 3. The van der Waals surface area contributed by atoms with E-state index >= 15 is 0 Å². The molecule has 0 aliphatic carbocycles. The number of aryl methyl sites for hydroxylation is 3. The summed E-state index contributed by atoms with van der Waals surface area (Å²) in [5.41, 5.74) is 3.53. The van der Waals surface area contributed by atoms with Crippen molar-refractivity contribution in [3.8, 4) is 5.82 Å². The first-order valence-corrected chi connectivity index (χ1v) is 8.11. The Hall–Kier alpha value is -3.15. The molecule has 6 heteroatoms. The fraction of sp³-hybridized carbons (Fsp3) is 0.211. The summed E-state index contributed by atoms with van der Waals surface area (Å²) in [6, 6.07) is 11.1. The zero-order valence-electron chi connectivity index (χ0n) is 14.4. The first-order chi connectivity index (χ1) is 12.0. The topological polar surface area (TPSA) is 80.0 Å². The molecule has 0 radical (unpaired) electrons. The van der Waals surface area contributed by atoms with Crippen molar-refractivity contribution in [2.45, 2.75) is 27.2 Å². The third-order valence-corrected chi connectivity index (χ3v) is 3.97. The molecule has 0 bridgehead atoms. The van der Waals surface area contributed by atoms with Gasteiger partial charge in [-0.3, -0.25) is 0 Å². The molecule has 0 amide bonds. The minimum Gasteiger partial charge on any atom is -0.478 e. The zero-order valence-corrected chi connectivity index (χ0v) is 14.4. The highest BCUT2D eigenvalue weighted by Gasteiger charge is 2.15. The van der Waals surface area contributed by atoms with E-state index in [1.54, 1.807) is 23.0 Å². The minimum atomic E-state index is -0.970. The van der Waals surface area contributed by atoms with Crippen molar-refractivity contribution in [1.29, 1.82) is 0 Å². The number of carboxylic acids is 1. The average Bonchev–Trinajstić information content (AvgIpc) is 2.99. The van der Waals surface area contributed by atoms with Crippen LogP contribution >= 0.6 is 0 Å². The summed E-state index contributed by atoms with van der Waals surface area (Å²) in [5, 5.41) is 17.3. The van der Waals surface area contributed by atoms with Gasteiger partial charge in [0.2, 0.25) is 0 Å². The highest BCUT2D eigenvalue weighted by atomic mass is 16.4. The van der Waals surface area contributed by atoms with Gasteiger partial charge >= 0.3 is 5.97 Å². The van der Waals surface area contributed by atoms with Crippen LogP contribution in [0.1, 0.15) is 34.1 Å². The smallest absolute Gasteiger partial charge is 0.337 e. The van der Waals surface area contributed by atoms with Gasteiger partial charge in [-0.05, 0) is 44.0 Å². The predicted molar refractivity (Wildman–Crippen MR) is 96.9 cm³/mol. The van der Waals surface area contributed by atoms with E-state index in [4.69, 9.17) is 0 Å². The molecule has 0 aliphatic heterocycles. The van der Waals surface area contributed by atoms with Crippen LogP contribution < -0.4 is 5.32 Å². The number of hydrogen-bond acceptors (Lipinski definition) is 4. The molecule has 0 saturated carbocycles. The van der Waals surface area contributed by atoms with Crippen molar-refractivity contribution >= 4 is 17.5 Å². The summed E-state index contributed by atoms with van der Waals surface area (Å²) in [5.74, 6) is 0.431. The maximum atomic E-state index is 11.6. The second-order valence-corrected chi connectivity index (χ2v) is 5.91. The normalized spacial score (nSPS) is 10.7. The summed E-state index contributed by atoms with van der Waals surface area (Å²) < 4.78 is 1.72. The van der Waals surface area contributed by atoms with Crippen LogP contribution in [0.5, 0.6) is 0 Å². The lowest BCUT2D eigenvalue weighted by Crippen LogP contribution is -2.09. The van der Waals surface area contributed by atoms with Gasteiger partial charge in [0.15, 0.2) is 5.82 Å². The molecule has 3 rings (SSSR count). The van der Waals surface area contributed by atoms with Gasteiger partial charge in [0.05, 0.1) is 16.9 Å². The molecule has 0 fully saturated rings. The van der Waals surface area contributed by atoms with Crippen molar-refractivity contribution in [3.05, 3.63) is 65.0 Å². The van der Waals surface area contributed by atoms with Crippen LogP contribution in [0.4, 0.5) is 11.5 Å².